The van der Waals surface area contributed by atoms with Crippen LogP contribution < -0.4 is 0 Å². The lowest BCUT2D eigenvalue weighted by molar-refractivity contribution is -0.0870. The van der Waals surface area contributed by atoms with E-state index in [0.29, 0.717) is 19.1 Å². The number of piperidine rings is 2. The van der Waals surface area contributed by atoms with Gasteiger partial charge in [-0.3, -0.25) is 0 Å². The summed E-state index contributed by atoms with van der Waals surface area (Å²) >= 11 is 0. The van der Waals surface area contributed by atoms with Crippen molar-refractivity contribution in [2.45, 2.75) is 104 Å². The average Bonchev–Trinajstić information content (AvgIpc) is 2.73. The monoisotopic (exact) mass is 503 g/mol. The smallest absolute Gasteiger partial charge is 0.409 e. The number of rotatable bonds is 8. The van der Waals surface area contributed by atoms with Crippen molar-refractivity contribution in [1.29, 1.82) is 0 Å². The van der Waals surface area contributed by atoms with Crippen LogP contribution in [0.25, 0.3) is 0 Å². The van der Waals surface area contributed by atoms with Crippen molar-refractivity contribution in [3.63, 3.8) is 0 Å². The van der Waals surface area contributed by atoms with E-state index in [9.17, 15) is 13.2 Å². The number of hydrogen-bond acceptors (Lipinski definition) is 6. The Bertz CT molecular complexity index is 745. The number of nitrogens with zero attached hydrogens (tertiary/aromatic N) is 3. The lowest BCUT2D eigenvalue weighted by atomic mass is 9.90. The first-order valence-electron chi connectivity index (χ1n) is 12.9. The topological polar surface area (TPSA) is 79.4 Å². The molecule has 2 rings (SSSR count). The zero-order valence-corrected chi connectivity index (χ0v) is 23.6. The maximum Gasteiger partial charge on any atom is 0.409 e. The molecule has 0 N–H and O–H groups in total. The van der Waals surface area contributed by atoms with Gasteiger partial charge in [0.25, 0.3) is 0 Å². The first-order chi connectivity index (χ1) is 15.6. The van der Waals surface area contributed by atoms with Crippen molar-refractivity contribution in [3.8, 4) is 0 Å². The Hall–Kier alpha value is -0.900. The molecule has 0 aromatic carbocycles. The molecule has 0 aromatic heterocycles. The van der Waals surface area contributed by atoms with E-state index in [1.165, 1.54) is 42.9 Å². The number of sulfonamides is 1. The molecule has 34 heavy (non-hydrogen) atoms. The molecule has 1 amide bonds. The van der Waals surface area contributed by atoms with Crippen molar-refractivity contribution in [2.75, 3.05) is 45.6 Å². The van der Waals surface area contributed by atoms with Gasteiger partial charge in [0.2, 0.25) is 10.0 Å². The third kappa shape index (κ3) is 8.95. The summed E-state index contributed by atoms with van der Waals surface area (Å²) < 4.78 is 38.4. The molecule has 0 radical (unpaired) electrons. The molecule has 2 fully saturated rings. The van der Waals surface area contributed by atoms with E-state index in [4.69, 9.17) is 9.47 Å². The van der Waals surface area contributed by atoms with E-state index in [-0.39, 0.29) is 30.8 Å². The van der Waals surface area contributed by atoms with Crippen LogP contribution in [0, 0.1) is 5.41 Å². The molecule has 8 nitrogen and oxygen atoms in total. The van der Waals surface area contributed by atoms with Gasteiger partial charge in [0.1, 0.15) is 12.7 Å². The normalized spacial score (nSPS) is 21.5. The molecule has 9 heteroatoms. The Kier molecular flexibility index (Phi) is 10.3. The highest BCUT2D eigenvalue weighted by molar-refractivity contribution is 7.88. The van der Waals surface area contributed by atoms with Crippen LogP contribution in [0.3, 0.4) is 0 Å². The molecule has 0 saturated carbocycles. The maximum atomic E-state index is 12.9. The third-order valence-corrected chi connectivity index (χ3v) is 8.65. The lowest BCUT2D eigenvalue weighted by Crippen LogP contribution is -2.51. The molecule has 0 aliphatic carbocycles. The molecule has 0 bridgehead atoms. The largest absolute Gasteiger partial charge is 0.447 e. The van der Waals surface area contributed by atoms with E-state index < -0.39 is 21.7 Å². The average molecular weight is 504 g/mol. The van der Waals surface area contributed by atoms with Gasteiger partial charge >= 0.3 is 6.09 Å². The lowest BCUT2D eigenvalue weighted by Gasteiger charge is -2.40. The van der Waals surface area contributed by atoms with Crippen LogP contribution in [-0.2, 0) is 19.5 Å². The molecular weight excluding hydrogens is 454 g/mol. The third-order valence-electron chi connectivity index (χ3n) is 7.16. The van der Waals surface area contributed by atoms with Crippen LogP contribution in [0.15, 0.2) is 0 Å². The molecule has 0 spiro atoms. The Morgan fingerprint density at radius 1 is 1.00 bits per heavy atom. The number of ether oxygens (including phenoxy) is 2. The summed E-state index contributed by atoms with van der Waals surface area (Å²) in [7, 11) is -3.47. The number of amides is 1. The summed E-state index contributed by atoms with van der Waals surface area (Å²) in [6.45, 7) is 17.7. The highest BCUT2D eigenvalue weighted by Crippen LogP contribution is 2.26. The van der Waals surface area contributed by atoms with Gasteiger partial charge in [-0.25, -0.2) is 13.2 Å². The minimum absolute atomic E-state index is 0.0212. The van der Waals surface area contributed by atoms with Crippen molar-refractivity contribution in [1.82, 2.24) is 14.1 Å². The molecule has 2 saturated heterocycles. The van der Waals surface area contributed by atoms with E-state index in [1.807, 2.05) is 27.7 Å². The summed E-state index contributed by atoms with van der Waals surface area (Å²) in [6, 6.07) is 0.558. The molecular formula is C25H49N3O5S. The predicted octanol–water partition coefficient (Wildman–Crippen LogP) is 3.95. The molecule has 2 atom stereocenters. The van der Waals surface area contributed by atoms with Gasteiger partial charge in [-0.05, 0) is 71.9 Å². The van der Waals surface area contributed by atoms with Gasteiger partial charge in [-0.2, -0.15) is 4.31 Å². The van der Waals surface area contributed by atoms with E-state index >= 15 is 0 Å². The van der Waals surface area contributed by atoms with Gasteiger partial charge in [-0.1, -0.05) is 27.2 Å². The van der Waals surface area contributed by atoms with Crippen molar-refractivity contribution < 1.29 is 22.7 Å². The Morgan fingerprint density at radius 2 is 1.56 bits per heavy atom. The molecule has 0 unspecified atom stereocenters. The molecule has 2 heterocycles. The van der Waals surface area contributed by atoms with Crippen molar-refractivity contribution in [2.24, 2.45) is 5.41 Å². The highest BCUT2D eigenvalue weighted by atomic mass is 32.2. The zero-order valence-electron chi connectivity index (χ0n) is 22.8. The van der Waals surface area contributed by atoms with Gasteiger partial charge in [0.05, 0.1) is 12.4 Å². The van der Waals surface area contributed by atoms with Gasteiger partial charge in [-0.15, -0.1) is 0 Å². The number of likely N-dealkylation sites (tertiary alicyclic amines) is 2. The van der Waals surface area contributed by atoms with Gasteiger partial charge < -0.3 is 19.3 Å². The fourth-order valence-electron chi connectivity index (χ4n) is 4.67. The fourth-order valence-corrected chi connectivity index (χ4v) is 6.10. The van der Waals surface area contributed by atoms with E-state index in [1.54, 1.807) is 4.90 Å². The Morgan fingerprint density at radius 3 is 2.03 bits per heavy atom. The molecule has 2 aliphatic heterocycles. The number of hydrogen-bond donors (Lipinski definition) is 0. The van der Waals surface area contributed by atoms with E-state index in [0.717, 1.165) is 12.8 Å². The van der Waals surface area contributed by atoms with Crippen LogP contribution in [-0.4, -0.2) is 98.0 Å². The Balaban J connectivity index is 1.98. The fraction of sp³-hybridized carbons (Fsp3) is 0.960. The molecule has 200 valence electrons. The maximum absolute atomic E-state index is 12.9. The summed E-state index contributed by atoms with van der Waals surface area (Å²) in [4.78, 5) is 17.2. The second kappa shape index (κ2) is 11.9. The summed E-state index contributed by atoms with van der Waals surface area (Å²) in [6.07, 6.45) is 5.99. The minimum Gasteiger partial charge on any atom is -0.447 e. The second-order valence-corrected chi connectivity index (χ2v) is 14.0. The van der Waals surface area contributed by atoms with Crippen LogP contribution >= 0.6 is 0 Å². The number of carbonyl (C=O) groups is 1. The zero-order chi connectivity index (χ0) is 25.7. The second-order valence-electron chi connectivity index (χ2n) is 12.1. The van der Waals surface area contributed by atoms with E-state index in [2.05, 4.69) is 25.7 Å². The SMILES string of the molecule is C[C@H](O[C@H](COC(=O)N1CCC(N2CCCCC2)CC1)CN(C(C)(C)C)S(C)(=O)=O)C(C)(C)C. The summed E-state index contributed by atoms with van der Waals surface area (Å²) in [5.41, 5.74) is -0.739. The van der Waals surface area contributed by atoms with Crippen LogP contribution in [0.5, 0.6) is 0 Å². The number of carbonyl (C=O) groups excluding carboxylic acids is 1. The first-order valence-corrected chi connectivity index (χ1v) is 14.7. The molecule has 0 aromatic rings. The standard InChI is InChI=1S/C25H49N3O5S/c1-20(24(2,3)4)33-22(18-28(25(5,6)7)34(8,30)31)19-32-23(29)27-16-12-21(13-17-27)26-14-10-9-11-15-26/h20-22H,9-19H2,1-8H3/t20-,22-/m0/s1. The minimum atomic E-state index is -3.47. The Labute approximate surface area is 208 Å². The summed E-state index contributed by atoms with van der Waals surface area (Å²) in [5, 5.41) is 0. The molecule has 2 aliphatic rings. The predicted molar refractivity (Wildman–Crippen MR) is 136 cm³/mol. The van der Waals surface area contributed by atoms with Gasteiger partial charge in [0, 0.05) is 31.2 Å². The van der Waals surface area contributed by atoms with Crippen LogP contribution in [0.1, 0.15) is 80.6 Å². The van der Waals surface area contributed by atoms with Crippen LogP contribution in [0.2, 0.25) is 0 Å². The van der Waals surface area contributed by atoms with Crippen molar-refractivity contribution in [3.05, 3.63) is 0 Å². The first kappa shape index (κ1) is 29.3. The quantitative estimate of drug-likeness (QED) is 0.499. The van der Waals surface area contributed by atoms with Crippen LogP contribution in [0.4, 0.5) is 4.79 Å². The highest BCUT2D eigenvalue weighted by Gasteiger charge is 2.35. The van der Waals surface area contributed by atoms with Gasteiger partial charge in [0.15, 0.2) is 0 Å². The van der Waals surface area contributed by atoms with Crippen molar-refractivity contribution >= 4 is 16.1 Å². The summed E-state index contributed by atoms with van der Waals surface area (Å²) in [5.74, 6) is 0.